The van der Waals surface area contributed by atoms with Gasteiger partial charge in [0, 0.05) is 118 Å². The number of allylic oxidation sites excluding steroid dienone is 1. The largest absolute Gasteiger partial charge is 0.406 e. The van der Waals surface area contributed by atoms with E-state index in [1.54, 1.807) is 11.3 Å². The van der Waals surface area contributed by atoms with E-state index in [9.17, 15) is 13.2 Å². The highest BCUT2D eigenvalue weighted by atomic mass is 32.1. The molecule has 4 aliphatic heterocycles. The Hall–Kier alpha value is -4.35. The summed E-state index contributed by atoms with van der Waals surface area (Å²) in [4.78, 5) is 20.2. The zero-order valence-corrected chi connectivity index (χ0v) is 49.9. The first-order valence-corrected chi connectivity index (χ1v) is 30.2. The number of likely N-dealkylation sites (tertiary alicyclic amines) is 1. The molecule has 5 aliphatic rings. The first-order valence-electron chi connectivity index (χ1n) is 29.3. The van der Waals surface area contributed by atoms with Crippen molar-refractivity contribution in [2.45, 2.75) is 149 Å². The summed E-state index contributed by atoms with van der Waals surface area (Å²) >= 11 is 1.61. The lowest BCUT2D eigenvalue weighted by Crippen LogP contribution is -2.47. The minimum Gasteiger partial charge on any atom is -0.381 e. The van der Waals surface area contributed by atoms with Gasteiger partial charge in [0.15, 0.2) is 0 Å². The molecule has 7 heterocycles. The van der Waals surface area contributed by atoms with Crippen LogP contribution in [0.1, 0.15) is 116 Å². The molecule has 78 heavy (non-hydrogen) atoms. The van der Waals surface area contributed by atoms with Crippen LogP contribution < -0.4 is 21.0 Å². The number of rotatable bonds is 23. The number of alkyl halides is 3. The van der Waals surface area contributed by atoms with Crippen LogP contribution in [0.25, 0.3) is 33.4 Å². The van der Waals surface area contributed by atoms with Crippen molar-refractivity contribution >= 4 is 27.9 Å². The highest BCUT2D eigenvalue weighted by Gasteiger charge is 2.37. The lowest BCUT2D eigenvalue weighted by atomic mass is 9.80. The van der Waals surface area contributed by atoms with Crippen LogP contribution in [0.4, 0.5) is 18.9 Å². The molecule has 1 saturated carbocycles. The molecule has 3 aromatic heterocycles. The van der Waals surface area contributed by atoms with E-state index in [2.05, 4.69) is 147 Å². The predicted octanol–water partition coefficient (Wildman–Crippen LogP) is 12.2. The minimum absolute atomic E-state index is 0.00329. The van der Waals surface area contributed by atoms with E-state index in [-0.39, 0.29) is 23.4 Å². The number of thiazole rings is 1. The van der Waals surface area contributed by atoms with E-state index in [0.29, 0.717) is 48.0 Å². The summed E-state index contributed by atoms with van der Waals surface area (Å²) in [6.07, 6.45) is 12.6. The molecule has 11 nitrogen and oxygen atoms in total. The molecule has 5 fully saturated rings. The molecule has 3 N–H and O–H groups in total. The number of halogens is 3. The van der Waals surface area contributed by atoms with E-state index in [0.717, 1.165) is 128 Å². The number of fused-ring (bicyclic) bond motifs is 1. The molecule has 1 aliphatic carbocycles. The summed E-state index contributed by atoms with van der Waals surface area (Å²) in [6.45, 7) is 42.2. The summed E-state index contributed by atoms with van der Waals surface area (Å²) < 4.78 is 46.3. The lowest BCUT2D eigenvalue weighted by Gasteiger charge is -2.36. The number of hydrogen-bond donors (Lipinski definition) is 3. The van der Waals surface area contributed by atoms with Crippen molar-refractivity contribution in [1.29, 1.82) is 0 Å². The van der Waals surface area contributed by atoms with Gasteiger partial charge in [-0.05, 0) is 118 Å². The Balaban J connectivity index is 0.000000648. The third-order valence-corrected chi connectivity index (χ3v) is 17.2. The number of hydrazine groups is 1. The predicted molar refractivity (Wildman–Crippen MR) is 323 cm³/mol. The summed E-state index contributed by atoms with van der Waals surface area (Å²) in [7, 11) is 4.29. The maximum atomic E-state index is 14.9. The maximum Gasteiger partial charge on any atom is 0.406 e. The molecular formula is C63H96F3N11S. The van der Waals surface area contributed by atoms with E-state index in [4.69, 9.17) is 9.97 Å². The molecular weight excluding hydrogens is 1000 g/mol. The van der Waals surface area contributed by atoms with Crippen LogP contribution in [0.2, 0.25) is 0 Å². The molecule has 0 amide bonds. The number of hydrogen-bond acceptors (Lipinski definition) is 11. The Kier molecular flexibility index (Phi) is 21.9. The van der Waals surface area contributed by atoms with Crippen LogP contribution in [-0.4, -0.2) is 151 Å². The summed E-state index contributed by atoms with van der Waals surface area (Å²) in [6, 6.07) is 9.57. The Bertz CT molecular complexity index is 2580. The van der Waals surface area contributed by atoms with E-state index in [1.807, 2.05) is 36.6 Å². The second-order valence-corrected chi connectivity index (χ2v) is 25.2. The fraction of sp³-hybridized carbons (Fsp3) is 0.619. The van der Waals surface area contributed by atoms with Crippen molar-refractivity contribution in [3.8, 4) is 22.5 Å². The summed E-state index contributed by atoms with van der Waals surface area (Å²) in [5.41, 5.74) is 10.4. The van der Waals surface area contributed by atoms with Gasteiger partial charge in [0.1, 0.15) is 6.54 Å². The van der Waals surface area contributed by atoms with Gasteiger partial charge in [0.25, 0.3) is 0 Å². The van der Waals surface area contributed by atoms with Crippen molar-refractivity contribution in [3.05, 3.63) is 102 Å². The quantitative estimate of drug-likeness (QED) is 0.0493. The second kappa shape index (κ2) is 27.9. The molecule has 0 spiro atoms. The van der Waals surface area contributed by atoms with Gasteiger partial charge in [0.2, 0.25) is 0 Å². The molecule has 4 saturated heterocycles. The van der Waals surface area contributed by atoms with Gasteiger partial charge in [-0.15, -0.1) is 31.1 Å². The van der Waals surface area contributed by atoms with Crippen molar-refractivity contribution in [2.75, 3.05) is 91.0 Å². The van der Waals surface area contributed by atoms with Crippen LogP contribution >= 0.6 is 11.3 Å². The summed E-state index contributed by atoms with van der Waals surface area (Å²) in [5.74, 6) is 1.05. The third-order valence-electron chi connectivity index (χ3n) is 16.4. The van der Waals surface area contributed by atoms with Crippen molar-refractivity contribution in [2.24, 2.45) is 17.3 Å². The Morgan fingerprint density at radius 2 is 1.74 bits per heavy atom. The highest BCUT2D eigenvalue weighted by Crippen LogP contribution is 2.45. The Morgan fingerprint density at radius 1 is 1.00 bits per heavy atom. The second-order valence-electron chi connectivity index (χ2n) is 24.3. The first kappa shape index (κ1) is 61.3. The van der Waals surface area contributed by atoms with Crippen LogP contribution in [0.3, 0.4) is 0 Å². The smallest absolute Gasteiger partial charge is 0.381 e. The standard InChI is InChI=1S/C54H77F3N8S.C5H12N2.C4H7N/c1-12-15-21-53(9,10)30-46-44-27-40(47-34-66-49(60-47)28-41(13-2)59-38(8)51(37(6)7)64-22-20-39(33-64)32-61(11)14-3)16-19-48(44)65(35-54(55,56)57)52(46)45-29-43(31-58-50(45)36(4)5)63-25-23-62(24-26-63)42-17-18-42;1-7-5-3-2-4-6-7;1-2-4-3-5-4/h12-13,16,19,27,29,31,34,36-37,39,41-42,51,59H,1-2,8,14-15,17-18,20-26,28,30,32-33,35H2,3-7,9-11H3;6H,2-5H2,1H3;2,4-5H,1,3H2. The highest BCUT2D eigenvalue weighted by molar-refractivity contribution is 7.10. The normalized spacial score (nSPS) is 20.3. The maximum absolute atomic E-state index is 14.9. The zero-order valence-electron chi connectivity index (χ0n) is 49.0. The molecule has 9 rings (SSSR count). The SMILES string of the molecule is C=CC1CN1.C=CCCC(C)(C)Cc1c(-c2cc(N3CCN(C4CC4)CC3)cnc2C(C)C)n(CC(F)(F)F)c2ccc(-c3csc(CC(C=C)NC(=C)C(C(C)C)N4CCC(CN(C)CC)C4)n3)cc12.CN1CCCCN1. The van der Waals surface area contributed by atoms with Gasteiger partial charge >= 0.3 is 6.18 Å². The van der Waals surface area contributed by atoms with E-state index >= 15 is 0 Å². The number of nitrogens with zero attached hydrogens (tertiary/aromatic N) is 8. The number of pyridine rings is 1. The molecule has 4 atom stereocenters. The van der Waals surface area contributed by atoms with Crippen molar-refractivity contribution in [1.82, 2.24) is 50.3 Å². The fourth-order valence-electron chi connectivity index (χ4n) is 11.7. The monoisotopic (exact) mass is 1100 g/mol. The van der Waals surface area contributed by atoms with Gasteiger partial charge in [0.05, 0.1) is 46.1 Å². The van der Waals surface area contributed by atoms with Crippen molar-refractivity contribution in [3.63, 3.8) is 0 Å². The van der Waals surface area contributed by atoms with Gasteiger partial charge < -0.3 is 25.0 Å². The molecule has 430 valence electrons. The topological polar surface area (TPSA) is 92.9 Å². The van der Waals surface area contributed by atoms with Crippen LogP contribution in [-0.2, 0) is 19.4 Å². The third kappa shape index (κ3) is 17.1. The number of benzene rings is 1. The first-order chi connectivity index (χ1) is 37.2. The molecule has 0 bridgehead atoms. The van der Waals surface area contributed by atoms with Crippen LogP contribution in [0, 0.1) is 17.3 Å². The van der Waals surface area contributed by atoms with Gasteiger partial charge in [-0.1, -0.05) is 79.3 Å². The van der Waals surface area contributed by atoms with Gasteiger partial charge in [-0.3, -0.25) is 20.2 Å². The minimum atomic E-state index is -4.44. The fourth-order valence-corrected chi connectivity index (χ4v) is 12.6. The Morgan fingerprint density at radius 3 is 2.31 bits per heavy atom. The van der Waals surface area contributed by atoms with Crippen LogP contribution in [0.5, 0.6) is 0 Å². The molecule has 4 aromatic rings. The molecule has 1 aromatic carbocycles. The van der Waals surface area contributed by atoms with E-state index in [1.165, 1.54) is 43.2 Å². The number of piperazine rings is 1. The number of nitrogens with one attached hydrogen (secondary N) is 3. The van der Waals surface area contributed by atoms with Crippen molar-refractivity contribution < 1.29 is 13.2 Å². The summed E-state index contributed by atoms with van der Waals surface area (Å²) in [5, 5.41) is 12.8. The van der Waals surface area contributed by atoms with Gasteiger partial charge in [-0.25, -0.2) is 9.99 Å². The van der Waals surface area contributed by atoms with E-state index < -0.39 is 12.7 Å². The van der Waals surface area contributed by atoms with Gasteiger partial charge in [-0.2, -0.15) is 13.2 Å². The molecule has 0 radical (unpaired) electrons. The average molecular weight is 1100 g/mol. The lowest BCUT2D eigenvalue weighted by molar-refractivity contribution is -0.139. The Labute approximate surface area is 471 Å². The van der Waals surface area contributed by atoms with Crippen LogP contribution in [0.15, 0.2) is 86.1 Å². The molecule has 4 unspecified atom stereocenters. The zero-order chi connectivity index (χ0) is 56.3. The average Bonchev–Trinajstić information content (AvgIpc) is 4.43. The molecule has 15 heteroatoms. The number of anilines is 1. The number of aromatic nitrogens is 3.